The Morgan fingerprint density at radius 2 is 2.04 bits per heavy atom. The molecule has 1 saturated heterocycles. The number of benzene rings is 1. The van der Waals surface area contributed by atoms with Crippen molar-refractivity contribution >= 4 is 29.9 Å². The van der Waals surface area contributed by atoms with Crippen molar-refractivity contribution in [1.29, 1.82) is 0 Å². The van der Waals surface area contributed by atoms with E-state index in [9.17, 15) is 0 Å². The van der Waals surface area contributed by atoms with Gasteiger partial charge in [0, 0.05) is 44.8 Å². The smallest absolute Gasteiger partial charge is 0.188 e. The topological polar surface area (TPSA) is 56.9 Å². The number of likely N-dealkylation sites (N-methyl/N-ethyl adjacent to an activating group) is 1. The number of guanidine groups is 1. The molecule has 5 nitrogen and oxygen atoms in total. The van der Waals surface area contributed by atoms with Crippen molar-refractivity contribution in [3.8, 4) is 0 Å². The Balaban J connectivity index is 0.00000312. The molecule has 0 bridgehead atoms. The summed E-state index contributed by atoms with van der Waals surface area (Å²) in [5.74, 6) is 0.572. The van der Waals surface area contributed by atoms with Crippen molar-refractivity contribution in [2.24, 2.45) is 10.7 Å². The first-order chi connectivity index (χ1) is 11.6. The van der Waals surface area contributed by atoms with Gasteiger partial charge in [-0.05, 0) is 32.4 Å². The molecular weight excluding hydrogens is 425 g/mol. The van der Waals surface area contributed by atoms with E-state index in [1.54, 1.807) is 0 Å². The number of hydrogen-bond acceptors (Lipinski definition) is 3. The summed E-state index contributed by atoms with van der Waals surface area (Å²) in [6, 6.07) is 11.7. The molecule has 1 aromatic carbocycles. The molecule has 1 aromatic rings. The third-order valence-electron chi connectivity index (χ3n) is 4.77. The van der Waals surface area contributed by atoms with Crippen LogP contribution in [0.15, 0.2) is 35.3 Å². The van der Waals surface area contributed by atoms with Gasteiger partial charge in [-0.3, -0.25) is 9.89 Å². The molecule has 1 aliphatic rings. The minimum atomic E-state index is 0. The number of halogens is 1. The van der Waals surface area contributed by atoms with Crippen LogP contribution in [0.3, 0.4) is 0 Å². The summed E-state index contributed by atoms with van der Waals surface area (Å²) >= 11 is 0. The van der Waals surface area contributed by atoms with Crippen molar-refractivity contribution < 1.29 is 0 Å². The average Bonchev–Trinajstić information content (AvgIpc) is 2.60. The molecule has 0 radical (unpaired) electrons. The monoisotopic (exact) mass is 459 g/mol. The first kappa shape index (κ1) is 22.2. The highest BCUT2D eigenvalue weighted by Gasteiger charge is 2.25. The maximum atomic E-state index is 5.92. The molecule has 0 spiro atoms. The lowest BCUT2D eigenvalue weighted by atomic mass is 10.0. The Morgan fingerprint density at radius 1 is 1.32 bits per heavy atom. The molecule has 0 aliphatic carbocycles. The van der Waals surface area contributed by atoms with Gasteiger partial charge >= 0.3 is 0 Å². The molecule has 6 heteroatoms. The third kappa shape index (κ3) is 7.50. The zero-order valence-corrected chi connectivity index (χ0v) is 18.1. The Bertz CT molecular complexity index is 508. The Hall–Kier alpha value is -0.860. The van der Waals surface area contributed by atoms with E-state index in [4.69, 9.17) is 5.73 Å². The molecule has 2 atom stereocenters. The van der Waals surface area contributed by atoms with E-state index in [1.807, 2.05) is 0 Å². The fourth-order valence-electron chi connectivity index (χ4n) is 3.09. The SMILES string of the molecule is CCC(C)NC(N)=NCCCN1CCN(C)CC1c1ccccc1.I. The maximum Gasteiger partial charge on any atom is 0.188 e. The van der Waals surface area contributed by atoms with E-state index in [0.717, 1.165) is 45.6 Å². The van der Waals surface area contributed by atoms with E-state index in [2.05, 4.69) is 71.3 Å². The second-order valence-corrected chi connectivity index (χ2v) is 6.80. The highest BCUT2D eigenvalue weighted by atomic mass is 127. The number of nitrogens with zero attached hydrogens (tertiary/aromatic N) is 3. The second kappa shape index (κ2) is 11.7. The van der Waals surface area contributed by atoms with Crippen LogP contribution in [-0.4, -0.2) is 61.6 Å². The highest BCUT2D eigenvalue weighted by molar-refractivity contribution is 14.0. The molecule has 142 valence electrons. The summed E-state index contributed by atoms with van der Waals surface area (Å²) < 4.78 is 0. The van der Waals surface area contributed by atoms with Crippen LogP contribution in [0, 0.1) is 0 Å². The van der Waals surface area contributed by atoms with Gasteiger partial charge < -0.3 is 16.0 Å². The summed E-state index contributed by atoms with van der Waals surface area (Å²) in [6.45, 7) is 9.44. The highest BCUT2D eigenvalue weighted by Crippen LogP contribution is 2.24. The number of aliphatic imine (C=N–C) groups is 1. The Morgan fingerprint density at radius 3 is 2.72 bits per heavy atom. The zero-order chi connectivity index (χ0) is 17.4. The Kier molecular flexibility index (Phi) is 10.4. The molecule has 0 saturated carbocycles. The van der Waals surface area contributed by atoms with E-state index in [-0.39, 0.29) is 24.0 Å². The molecule has 0 amide bonds. The van der Waals surface area contributed by atoms with Crippen molar-refractivity contribution in [3.63, 3.8) is 0 Å². The van der Waals surface area contributed by atoms with Crippen molar-refractivity contribution in [2.75, 3.05) is 39.8 Å². The predicted molar refractivity (Wildman–Crippen MR) is 118 cm³/mol. The molecule has 1 fully saturated rings. The lowest BCUT2D eigenvalue weighted by Gasteiger charge is -2.40. The zero-order valence-electron chi connectivity index (χ0n) is 15.8. The van der Waals surface area contributed by atoms with Crippen LogP contribution in [-0.2, 0) is 0 Å². The summed E-state index contributed by atoms with van der Waals surface area (Å²) in [5, 5.41) is 3.22. The standard InChI is InChI=1S/C19H33N5.HI/c1-4-16(2)22-19(20)21-11-8-12-24-14-13-23(3)15-18(24)17-9-6-5-7-10-17;/h5-7,9-10,16,18H,4,8,11-15H2,1-3H3,(H3,20,21,22);1H. The first-order valence-electron chi connectivity index (χ1n) is 9.14. The maximum absolute atomic E-state index is 5.92. The van der Waals surface area contributed by atoms with Gasteiger partial charge in [-0.25, -0.2) is 0 Å². The van der Waals surface area contributed by atoms with Gasteiger partial charge in [-0.2, -0.15) is 0 Å². The quantitative estimate of drug-likeness (QED) is 0.285. The number of piperazine rings is 1. The van der Waals surface area contributed by atoms with Crippen LogP contribution in [0.5, 0.6) is 0 Å². The minimum Gasteiger partial charge on any atom is -0.370 e. The van der Waals surface area contributed by atoms with Crippen LogP contribution in [0.2, 0.25) is 0 Å². The average molecular weight is 459 g/mol. The molecule has 1 heterocycles. The van der Waals surface area contributed by atoms with Gasteiger partial charge in [0.25, 0.3) is 0 Å². The van der Waals surface area contributed by atoms with Crippen LogP contribution < -0.4 is 11.1 Å². The largest absolute Gasteiger partial charge is 0.370 e. The van der Waals surface area contributed by atoms with Crippen LogP contribution in [0.4, 0.5) is 0 Å². The number of hydrogen-bond donors (Lipinski definition) is 2. The molecule has 25 heavy (non-hydrogen) atoms. The molecule has 3 N–H and O–H groups in total. The van der Waals surface area contributed by atoms with Gasteiger partial charge in [0.15, 0.2) is 5.96 Å². The van der Waals surface area contributed by atoms with E-state index < -0.39 is 0 Å². The lowest BCUT2D eigenvalue weighted by Crippen LogP contribution is -2.47. The van der Waals surface area contributed by atoms with Gasteiger partial charge in [-0.1, -0.05) is 37.3 Å². The fourth-order valence-corrected chi connectivity index (χ4v) is 3.09. The summed E-state index contributed by atoms with van der Waals surface area (Å²) in [7, 11) is 2.21. The molecule has 1 aliphatic heterocycles. The van der Waals surface area contributed by atoms with Gasteiger partial charge in [0.1, 0.15) is 0 Å². The third-order valence-corrected chi connectivity index (χ3v) is 4.77. The van der Waals surface area contributed by atoms with Crippen molar-refractivity contribution in [1.82, 2.24) is 15.1 Å². The Labute approximate surface area is 170 Å². The predicted octanol–water partition coefficient (Wildman–Crippen LogP) is 2.69. The minimum absolute atomic E-state index is 0. The van der Waals surface area contributed by atoms with Crippen molar-refractivity contribution in [2.45, 2.75) is 38.8 Å². The number of nitrogens with two attached hydrogens (primary N) is 1. The summed E-state index contributed by atoms with van der Waals surface area (Å²) in [5.41, 5.74) is 7.33. The van der Waals surface area contributed by atoms with Gasteiger partial charge in [-0.15, -0.1) is 24.0 Å². The summed E-state index contributed by atoms with van der Waals surface area (Å²) in [4.78, 5) is 9.46. The van der Waals surface area contributed by atoms with Crippen LogP contribution >= 0.6 is 24.0 Å². The first-order valence-corrected chi connectivity index (χ1v) is 9.14. The lowest BCUT2D eigenvalue weighted by molar-refractivity contribution is 0.0894. The van der Waals surface area contributed by atoms with Gasteiger partial charge in [0.05, 0.1) is 0 Å². The molecular formula is C19H34IN5. The van der Waals surface area contributed by atoms with Crippen LogP contribution in [0.25, 0.3) is 0 Å². The van der Waals surface area contributed by atoms with E-state index in [0.29, 0.717) is 18.0 Å². The normalized spacial score (nSPS) is 20.8. The molecule has 2 unspecified atom stereocenters. The fraction of sp³-hybridized carbons (Fsp3) is 0.632. The molecule has 0 aromatic heterocycles. The van der Waals surface area contributed by atoms with Crippen LogP contribution in [0.1, 0.15) is 38.3 Å². The molecule has 2 rings (SSSR count). The number of nitrogens with one attached hydrogen (secondary N) is 1. The van der Waals surface area contributed by atoms with E-state index in [1.165, 1.54) is 5.56 Å². The van der Waals surface area contributed by atoms with E-state index >= 15 is 0 Å². The summed E-state index contributed by atoms with van der Waals surface area (Å²) in [6.07, 6.45) is 2.09. The number of rotatable bonds is 7. The van der Waals surface area contributed by atoms with Crippen molar-refractivity contribution in [3.05, 3.63) is 35.9 Å². The second-order valence-electron chi connectivity index (χ2n) is 6.80. The van der Waals surface area contributed by atoms with Gasteiger partial charge in [0.2, 0.25) is 0 Å².